The maximum Gasteiger partial charge on any atom is 0.142 e. The van der Waals surface area contributed by atoms with Gasteiger partial charge in [-0.05, 0) is 36.2 Å². The van der Waals surface area contributed by atoms with Gasteiger partial charge >= 0.3 is 0 Å². The van der Waals surface area contributed by atoms with Gasteiger partial charge in [0.2, 0.25) is 0 Å². The van der Waals surface area contributed by atoms with Gasteiger partial charge in [0.15, 0.2) is 0 Å². The summed E-state index contributed by atoms with van der Waals surface area (Å²) in [5.74, 6) is 1.81. The molecule has 4 nitrogen and oxygen atoms in total. The number of anilines is 1. The first-order valence-electron chi connectivity index (χ1n) is 8.66. The van der Waals surface area contributed by atoms with Crippen LogP contribution in [0.5, 0.6) is 5.75 Å². The van der Waals surface area contributed by atoms with Crippen molar-refractivity contribution in [2.45, 2.75) is 13.5 Å². The van der Waals surface area contributed by atoms with E-state index in [1.165, 1.54) is 5.56 Å². The minimum absolute atomic E-state index is 0.736. The van der Waals surface area contributed by atoms with E-state index in [0.717, 1.165) is 40.6 Å². The van der Waals surface area contributed by atoms with Crippen LogP contribution in [0.25, 0.3) is 16.9 Å². The third kappa shape index (κ3) is 3.02. The highest BCUT2D eigenvalue weighted by atomic mass is 16.5. The minimum atomic E-state index is 0.736. The van der Waals surface area contributed by atoms with Crippen LogP contribution >= 0.6 is 0 Å². The zero-order valence-corrected chi connectivity index (χ0v) is 14.9. The topological polar surface area (TPSA) is 38.6 Å². The van der Waals surface area contributed by atoms with Gasteiger partial charge in [-0.15, -0.1) is 0 Å². The molecule has 0 aliphatic heterocycles. The summed E-state index contributed by atoms with van der Waals surface area (Å²) in [7, 11) is 1.68. The van der Waals surface area contributed by atoms with E-state index in [4.69, 9.17) is 9.72 Å². The second-order valence-corrected chi connectivity index (χ2v) is 6.26. The summed E-state index contributed by atoms with van der Waals surface area (Å²) in [4.78, 5) is 4.92. The summed E-state index contributed by atoms with van der Waals surface area (Å²) in [6.45, 7) is 2.82. The van der Waals surface area contributed by atoms with Gasteiger partial charge in [-0.1, -0.05) is 48.5 Å². The van der Waals surface area contributed by atoms with Crippen LogP contribution in [0, 0.1) is 6.92 Å². The Hall–Kier alpha value is -3.27. The Bertz CT molecular complexity index is 1040. The normalized spacial score (nSPS) is 10.8. The number of hydrogen-bond acceptors (Lipinski definition) is 3. The SMILES string of the molecule is COc1cccc(-c2nc3c(C)cccn3c2NCc2ccccc2)c1. The van der Waals surface area contributed by atoms with Gasteiger partial charge in [0.1, 0.15) is 22.9 Å². The second kappa shape index (κ2) is 6.92. The van der Waals surface area contributed by atoms with E-state index in [-0.39, 0.29) is 0 Å². The van der Waals surface area contributed by atoms with Gasteiger partial charge in [-0.2, -0.15) is 0 Å². The molecule has 0 aliphatic carbocycles. The van der Waals surface area contributed by atoms with E-state index >= 15 is 0 Å². The molecule has 0 aliphatic rings. The van der Waals surface area contributed by atoms with E-state index < -0.39 is 0 Å². The van der Waals surface area contributed by atoms with E-state index in [2.05, 4.69) is 53.0 Å². The molecule has 0 fully saturated rings. The van der Waals surface area contributed by atoms with Crippen molar-refractivity contribution in [3.05, 3.63) is 84.1 Å². The maximum atomic E-state index is 5.39. The Kier molecular flexibility index (Phi) is 4.32. The van der Waals surface area contributed by atoms with Crippen LogP contribution in [0.15, 0.2) is 72.9 Å². The highest BCUT2D eigenvalue weighted by Gasteiger charge is 2.15. The number of pyridine rings is 1. The molecule has 2 heterocycles. The van der Waals surface area contributed by atoms with Crippen LogP contribution in [0.2, 0.25) is 0 Å². The fourth-order valence-corrected chi connectivity index (χ4v) is 3.13. The summed E-state index contributed by atoms with van der Waals surface area (Å²) >= 11 is 0. The van der Waals surface area contributed by atoms with Gasteiger partial charge in [-0.3, -0.25) is 4.40 Å². The Morgan fingerprint density at radius 2 is 1.85 bits per heavy atom. The van der Waals surface area contributed by atoms with E-state index in [9.17, 15) is 0 Å². The van der Waals surface area contributed by atoms with E-state index in [1.807, 2.05) is 36.5 Å². The molecule has 0 spiro atoms. The molecule has 0 bridgehead atoms. The first-order chi connectivity index (χ1) is 12.8. The summed E-state index contributed by atoms with van der Waals surface area (Å²) in [6.07, 6.45) is 2.05. The summed E-state index contributed by atoms with van der Waals surface area (Å²) in [6, 6.07) is 22.5. The summed E-state index contributed by atoms with van der Waals surface area (Å²) < 4.78 is 7.51. The van der Waals surface area contributed by atoms with Gasteiger partial charge in [0.05, 0.1) is 7.11 Å². The van der Waals surface area contributed by atoms with Crippen LogP contribution in [-0.2, 0) is 6.54 Å². The third-order valence-corrected chi connectivity index (χ3v) is 4.49. The lowest BCUT2D eigenvalue weighted by molar-refractivity contribution is 0.415. The average molecular weight is 343 g/mol. The predicted octanol–water partition coefficient (Wildman–Crippen LogP) is 4.93. The van der Waals surface area contributed by atoms with Gasteiger partial charge in [-0.25, -0.2) is 4.98 Å². The Morgan fingerprint density at radius 3 is 2.65 bits per heavy atom. The number of hydrogen-bond donors (Lipinski definition) is 1. The molecule has 4 aromatic rings. The molecule has 0 saturated carbocycles. The van der Waals surface area contributed by atoms with Gasteiger partial charge < -0.3 is 10.1 Å². The number of nitrogens with one attached hydrogen (secondary N) is 1. The Morgan fingerprint density at radius 1 is 1.00 bits per heavy atom. The maximum absolute atomic E-state index is 5.39. The molecular weight excluding hydrogens is 322 g/mol. The predicted molar refractivity (Wildman–Crippen MR) is 106 cm³/mol. The fraction of sp³-hybridized carbons (Fsp3) is 0.136. The molecule has 0 amide bonds. The standard InChI is InChI=1S/C22H21N3O/c1-16-8-7-13-25-21(16)24-20(18-11-6-12-19(14-18)26-2)22(25)23-15-17-9-4-3-5-10-17/h3-14,23H,15H2,1-2H3. The van der Waals surface area contributed by atoms with E-state index in [0.29, 0.717) is 0 Å². The number of methoxy groups -OCH3 is 1. The van der Waals surface area contributed by atoms with Crippen molar-refractivity contribution in [2.75, 3.05) is 12.4 Å². The highest BCUT2D eigenvalue weighted by molar-refractivity contribution is 5.78. The first-order valence-corrected chi connectivity index (χ1v) is 8.66. The van der Waals surface area contributed by atoms with Gasteiger partial charge in [0.25, 0.3) is 0 Å². The molecule has 2 aromatic carbocycles. The quantitative estimate of drug-likeness (QED) is 0.558. The Balaban J connectivity index is 1.81. The number of imidazole rings is 1. The van der Waals surface area contributed by atoms with Gasteiger partial charge in [0, 0.05) is 18.3 Å². The van der Waals surface area contributed by atoms with Crippen LogP contribution in [-0.4, -0.2) is 16.5 Å². The molecule has 130 valence electrons. The smallest absolute Gasteiger partial charge is 0.142 e. The van der Waals surface area contributed by atoms with Crippen LogP contribution in [0.1, 0.15) is 11.1 Å². The van der Waals surface area contributed by atoms with Crippen LogP contribution in [0.4, 0.5) is 5.82 Å². The molecule has 4 heteroatoms. The number of ether oxygens (including phenoxy) is 1. The molecule has 4 rings (SSSR count). The average Bonchev–Trinajstić information content (AvgIpc) is 3.07. The number of fused-ring (bicyclic) bond motifs is 1. The van der Waals surface area contributed by atoms with Crippen molar-refractivity contribution >= 4 is 11.5 Å². The fourth-order valence-electron chi connectivity index (χ4n) is 3.13. The second-order valence-electron chi connectivity index (χ2n) is 6.26. The molecule has 0 unspecified atom stereocenters. The zero-order valence-electron chi connectivity index (χ0n) is 14.9. The molecule has 0 atom stereocenters. The highest BCUT2D eigenvalue weighted by Crippen LogP contribution is 2.32. The number of aryl methyl sites for hydroxylation is 1. The Labute approximate surface area is 153 Å². The molecule has 0 radical (unpaired) electrons. The lowest BCUT2D eigenvalue weighted by Gasteiger charge is -2.10. The number of nitrogens with zero attached hydrogens (tertiary/aromatic N) is 2. The minimum Gasteiger partial charge on any atom is -0.497 e. The number of rotatable bonds is 5. The number of benzene rings is 2. The van der Waals surface area contributed by atoms with Crippen LogP contribution in [0.3, 0.4) is 0 Å². The van der Waals surface area contributed by atoms with Crippen molar-refractivity contribution in [1.82, 2.24) is 9.38 Å². The van der Waals surface area contributed by atoms with Crippen molar-refractivity contribution in [3.63, 3.8) is 0 Å². The largest absolute Gasteiger partial charge is 0.497 e. The molecule has 2 aromatic heterocycles. The molecule has 0 saturated heterocycles. The summed E-state index contributed by atoms with van der Waals surface area (Å²) in [5, 5.41) is 3.58. The zero-order chi connectivity index (χ0) is 17.9. The lowest BCUT2D eigenvalue weighted by atomic mass is 10.1. The van der Waals surface area contributed by atoms with Crippen molar-refractivity contribution in [3.8, 4) is 17.0 Å². The molecule has 26 heavy (non-hydrogen) atoms. The lowest BCUT2D eigenvalue weighted by Crippen LogP contribution is -2.03. The van der Waals surface area contributed by atoms with Crippen molar-refractivity contribution < 1.29 is 4.74 Å². The molecule has 1 N–H and O–H groups in total. The van der Waals surface area contributed by atoms with Crippen molar-refractivity contribution in [1.29, 1.82) is 0 Å². The first kappa shape index (κ1) is 16.2. The monoisotopic (exact) mass is 343 g/mol. The van der Waals surface area contributed by atoms with Crippen molar-refractivity contribution in [2.24, 2.45) is 0 Å². The summed E-state index contributed by atoms with van der Waals surface area (Å²) in [5.41, 5.74) is 5.29. The van der Waals surface area contributed by atoms with E-state index in [1.54, 1.807) is 7.11 Å². The van der Waals surface area contributed by atoms with Crippen LogP contribution < -0.4 is 10.1 Å². The number of aromatic nitrogens is 2. The third-order valence-electron chi connectivity index (χ3n) is 4.49. The molecular formula is C22H21N3O.